The molecular formula is C34H31N7O9. The highest BCUT2D eigenvalue weighted by atomic mass is 17.1. The van der Waals surface area contributed by atoms with Crippen molar-refractivity contribution in [2.75, 3.05) is 6.61 Å². The van der Waals surface area contributed by atoms with Gasteiger partial charge in [0.25, 0.3) is 6.01 Å². The molecule has 50 heavy (non-hydrogen) atoms. The number of hydrogen-bond acceptors (Lipinski definition) is 13. The Kier molecular flexibility index (Phi) is 10.3. The van der Waals surface area contributed by atoms with E-state index in [1.165, 1.54) is 0 Å². The molecule has 3 N–H and O–H groups in total. The van der Waals surface area contributed by atoms with Crippen LogP contribution in [0, 0.1) is 0 Å². The molecule has 2 aromatic heterocycles. The van der Waals surface area contributed by atoms with Gasteiger partial charge in [0.2, 0.25) is 12.6 Å². The maximum Gasteiger partial charge on any atom is 0.510 e. The molecule has 0 atom stereocenters. The second kappa shape index (κ2) is 15.3. The number of tetrazole rings is 1. The predicted molar refractivity (Wildman–Crippen MR) is 174 cm³/mol. The van der Waals surface area contributed by atoms with Crippen LogP contribution in [0.25, 0.3) is 33.5 Å². The number of imidazole rings is 1. The van der Waals surface area contributed by atoms with Gasteiger partial charge in [-0.15, -0.1) is 15.0 Å². The van der Waals surface area contributed by atoms with Crippen LogP contribution < -0.4 is 4.74 Å². The summed E-state index contributed by atoms with van der Waals surface area (Å²) in [5, 5.41) is 39.4. The monoisotopic (exact) mass is 681 g/mol. The molecule has 0 aliphatic rings. The minimum Gasteiger partial charge on any atom is -0.478 e. The van der Waals surface area contributed by atoms with Crippen molar-refractivity contribution in [3.05, 3.63) is 113 Å². The number of carbonyl (C=O) groups is 2. The molecule has 0 amide bonds. The maximum absolute atomic E-state index is 12.2. The van der Waals surface area contributed by atoms with Crippen LogP contribution >= 0.6 is 0 Å². The molecule has 4 aromatic carbocycles. The Morgan fingerprint density at radius 1 is 0.840 bits per heavy atom. The SMILES string of the molecule is CCOc1nc2cccc(C(=O)O)c2n1Cc1ccc(-c2ccccc2-c2nnn(COC(=O)OCc3cccc(CON(O)O)c3)n2)cc1. The van der Waals surface area contributed by atoms with Gasteiger partial charge in [0.05, 0.1) is 41.7 Å². The number of aromatic nitrogens is 6. The van der Waals surface area contributed by atoms with Gasteiger partial charge in [0.15, 0.2) is 0 Å². The Bertz CT molecular complexity index is 2110. The predicted octanol–water partition coefficient (Wildman–Crippen LogP) is 5.32. The van der Waals surface area contributed by atoms with Crippen LogP contribution in [0.2, 0.25) is 0 Å². The first-order chi connectivity index (χ1) is 24.3. The summed E-state index contributed by atoms with van der Waals surface area (Å²) >= 11 is 0. The molecule has 0 unspecified atom stereocenters. The molecule has 0 saturated carbocycles. The summed E-state index contributed by atoms with van der Waals surface area (Å²) in [7, 11) is 0. The van der Waals surface area contributed by atoms with E-state index in [0.29, 0.717) is 52.7 Å². The van der Waals surface area contributed by atoms with E-state index in [1.807, 2.05) is 55.5 Å². The quantitative estimate of drug-likeness (QED) is 0.0986. The molecule has 6 rings (SSSR count). The Balaban J connectivity index is 1.11. The second-order valence-electron chi connectivity index (χ2n) is 10.8. The van der Waals surface area contributed by atoms with Crippen molar-refractivity contribution in [3.63, 3.8) is 0 Å². The first-order valence-corrected chi connectivity index (χ1v) is 15.3. The lowest BCUT2D eigenvalue weighted by molar-refractivity contribution is -0.497. The maximum atomic E-state index is 12.2. The molecule has 0 aliphatic heterocycles. The summed E-state index contributed by atoms with van der Waals surface area (Å²) in [6, 6.07) is 27.4. The summed E-state index contributed by atoms with van der Waals surface area (Å²) in [5.74, 6) is -0.729. The lowest BCUT2D eigenvalue weighted by Crippen LogP contribution is -2.14. The molecular weight excluding hydrogens is 650 g/mol. The van der Waals surface area contributed by atoms with Crippen LogP contribution in [0.4, 0.5) is 4.79 Å². The zero-order valence-corrected chi connectivity index (χ0v) is 26.6. The van der Waals surface area contributed by atoms with E-state index in [0.717, 1.165) is 21.5 Å². The Morgan fingerprint density at radius 2 is 1.58 bits per heavy atom. The van der Waals surface area contributed by atoms with Gasteiger partial charge in [-0.1, -0.05) is 78.9 Å². The van der Waals surface area contributed by atoms with Crippen molar-refractivity contribution in [2.24, 2.45) is 0 Å². The molecule has 256 valence electrons. The lowest BCUT2D eigenvalue weighted by Gasteiger charge is -2.12. The molecule has 0 radical (unpaired) electrons. The van der Waals surface area contributed by atoms with Crippen LogP contribution in [-0.2, 0) is 40.8 Å². The zero-order chi connectivity index (χ0) is 35.0. The Morgan fingerprint density at radius 3 is 2.32 bits per heavy atom. The van der Waals surface area contributed by atoms with Gasteiger partial charge < -0.3 is 19.3 Å². The summed E-state index contributed by atoms with van der Waals surface area (Å²) in [4.78, 5) is 34.4. The van der Waals surface area contributed by atoms with Gasteiger partial charge in [-0.05, 0) is 52.1 Å². The fraction of sp³-hybridized carbons (Fsp3) is 0.176. The van der Waals surface area contributed by atoms with Gasteiger partial charge in [0, 0.05) is 5.56 Å². The Hall–Kier alpha value is -6.20. The minimum absolute atomic E-state index is 0.0905. The number of carbonyl (C=O) groups excluding carboxylic acids is 1. The van der Waals surface area contributed by atoms with Gasteiger partial charge in [-0.25, -0.2) is 14.4 Å². The van der Waals surface area contributed by atoms with Crippen LogP contribution in [0.1, 0.15) is 34.0 Å². The molecule has 16 heteroatoms. The number of aromatic carboxylic acids is 1. The third-order valence-corrected chi connectivity index (χ3v) is 7.45. The van der Waals surface area contributed by atoms with E-state index in [9.17, 15) is 14.7 Å². The van der Waals surface area contributed by atoms with E-state index in [2.05, 4.69) is 25.2 Å². The minimum atomic E-state index is -1.05. The van der Waals surface area contributed by atoms with Gasteiger partial charge >= 0.3 is 12.1 Å². The average Bonchev–Trinajstić information content (AvgIpc) is 3.74. The smallest absolute Gasteiger partial charge is 0.478 e. The highest BCUT2D eigenvalue weighted by Gasteiger charge is 2.19. The van der Waals surface area contributed by atoms with Crippen LogP contribution in [0.15, 0.2) is 91.0 Å². The van der Waals surface area contributed by atoms with Crippen LogP contribution in [0.5, 0.6) is 6.01 Å². The van der Waals surface area contributed by atoms with E-state index in [1.54, 1.807) is 47.0 Å². The number of ether oxygens (including phenoxy) is 3. The average molecular weight is 682 g/mol. The third-order valence-electron chi connectivity index (χ3n) is 7.45. The van der Waals surface area contributed by atoms with Crippen molar-refractivity contribution in [1.29, 1.82) is 0 Å². The van der Waals surface area contributed by atoms with Crippen molar-refractivity contribution in [2.45, 2.75) is 33.4 Å². The molecule has 0 bridgehead atoms. The van der Waals surface area contributed by atoms with Crippen LogP contribution in [0.3, 0.4) is 0 Å². The molecule has 16 nitrogen and oxygen atoms in total. The highest BCUT2D eigenvalue weighted by Crippen LogP contribution is 2.31. The first kappa shape index (κ1) is 33.7. The second-order valence-corrected chi connectivity index (χ2v) is 10.8. The fourth-order valence-electron chi connectivity index (χ4n) is 5.27. The number of hydrogen-bond donors (Lipinski definition) is 3. The topological polar surface area (TPSA) is 196 Å². The van der Waals surface area contributed by atoms with Crippen molar-refractivity contribution in [3.8, 4) is 28.5 Å². The van der Waals surface area contributed by atoms with E-state index >= 15 is 0 Å². The number of benzene rings is 4. The van der Waals surface area contributed by atoms with Crippen LogP contribution in [-0.4, -0.2) is 69.4 Å². The summed E-state index contributed by atoms with van der Waals surface area (Å²) in [5.41, 5.74) is 5.75. The van der Waals surface area contributed by atoms with E-state index in [4.69, 9.17) is 24.6 Å². The van der Waals surface area contributed by atoms with Crippen molar-refractivity contribution < 1.29 is 44.2 Å². The van der Waals surface area contributed by atoms with E-state index in [-0.39, 0.29) is 30.9 Å². The largest absolute Gasteiger partial charge is 0.510 e. The first-order valence-electron chi connectivity index (χ1n) is 15.3. The number of rotatable bonds is 14. The Labute approximate surface area is 284 Å². The molecule has 2 heterocycles. The molecule has 0 saturated heterocycles. The highest BCUT2D eigenvalue weighted by molar-refractivity contribution is 6.01. The van der Waals surface area contributed by atoms with Gasteiger partial charge in [0.1, 0.15) is 6.61 Å². The lowest BCUT2D eigenvalue weighted by atomic mass is 9.98. The summed E-state index contributed by atoms with van der Waals surface area (Å²) in [6.45, 7) is 2.03. The number of carboxylic acids is 1. The summed E-state index contributed by atoms with van der Waals surface area (Å²) < 4.78 is 17.8. The molecule has 6 aromatic rings. The van der Waals surface area contributed by atoms with Gasteiger partial charge in [-0.3, -0.25) is 15.0 Å². The van der Waals surface area contributed by atoms with Gasteiger partial charge in [-0.2, -0.15) is 4.98 Å². The number of nitrogens with zero attached hydrogens (tertiary/aromatic N) is 7. The van der Waals surface area contributed by atoms with Crippen molar-refractivity contribution in [1.82, 2.24) is 35.1 Å². The molecule has 0 aliphatic carbocycles. The number of carboxylic acid groups (broad SMARTS) is 1. The molecule has 0 spiro atoms. The normalized spacial score (nSPS) is 11.2. The summed E-state index contributed by atoms with van der Waals surface area (Å²) in [6.07, 6.45) is -0.945. The third kappa shape index (κ3) is 7.91. The van der Waals surface area contributed by atoms with Crippen molar-refractivity contribution >= 4 is 23.2 Å². The molecule has 0 fully saturated rings. The standard InChI is InChI=1S/C34H31N7O9/c1-2-47-33-35-29-12-6-11-28(32(42)43)30(29)39(33)18-22-13-15-25(16-14-22)26-9-3-4-10-27(26)31-36-38-40(37-31)21-49-34(44)48-19-23-7-5-8-24(17-23)20-50-41(45)46/h3-17,45-46H,2,18-21H2,1H3,(H,42,43). The zero-order valence-electron chi connectivity index (χ0n) is 26.6. The van der Waals surface area contributed by atoms with E-state index < -0.39 is 12.1 Å². The number of para-hydroxylation sites is 1. The fourth-order valence-corrected chi connectivity index (χ4v) is 5.27. The number of fused-ring (bicyclic) bond motifs is 1.